The number of aliphatic hydroxyl groups is 1. The molecule has 1 aromatic rings. The van der Waals surface area contributed by atoms with E-state index >= 15 is 0 Å². The summed E-state index contributed by atoms with van der Waals surface area (Å²) in [6.07, 6.45) is 0.352. The van der Waals surface area contributed by atoms with E-state index in [1.165, 1.54) is 0 Å². The summed E-state index contributed by atoms with van der Waals surface area (Å²) in [6.45, 7) is 8.63. The van der Waals surface area contributed by atoms with Crippen molar-refractivity contribution in [3.63, 3.8) is 0 Å². The number of aliphatic hydroxyl groups excluding tert-OH is 1. The molecule has 0 aliphatic rings. The van der Waals surface area contributed by atoms with Crippen molar-refractivity contribution in [3.8, 4) is 0 Å². The van der Waals surface area contributed by atoms with Crippen LogP contribution in [-0.2, 0) is 11.2 Å². The highest BCUT2D eigenvalue weighted by molar-refractivity contribution is 7.09. The maximum atomic E-state index is 11.6. The molecule has 1 atom stereocenters. The number of aromatic nitrogens is 1. The van der Waals surface area contributed by atoms with Crippen LogP contribution in [0, 0.1) is 5.92 Å². The molecule has 1 amide bonds. The fourth-order valence-electron chi connectivity index (χ4n) is 1.53. The number of hydrogen-bond acceptors (Lipinski definition) is 4. The molecule has 1 heterocycles. The van der Waals surface area contributed by atoms with Crippen LogP contribution in [0.25, 0.3) is 0 Å². The van der Waals surface area contributed by atoms with Gasteiger partial charge in [-0.1, -0.05) is 27.7 Å². The molecule has 0 aromatic carbocycles. The van der Waals surface area contributed by atoms with E-state index in [4.69, 9.17) is 0 Å². The lowest BCUT2D eigenvalue weighted by atomic mass is 10.0. The van der Waals surface area contributed by atoms with E-state index in [0.717, 1.165) is 17.1 Å². The molecule has 19 heavy (non-hydrogen) atoms. The standard InChI is InChI=1S/C14H24N2O2S/c1-9(2)12(17)7-13(18)15-6-5-11-8-19-14(16-11)10(3)4/h8-10,12,17H,5-7H2,1-4H3,(H,15,18). The van der Waals surface area contributed by atoms with Crippen molar-refractivity contribution in [3.05, 3.63) is 16.1 Å². The van der Waals surface area contributed by atoms with Gasteiger partial charge in [0, 0.05) is 24.3 Å². The lowest BCUT2D eigenvalue weighted by Gasteiger charge is -2.13. The van der Waals surface area contributed by atoms with Crippen molar-refractivity contribution < 1.29 is 9.90 Å². The van der Waals surface area contributed by atoms with Crippen LogP contribution in [0.15, 0.2) is 5.38 Å². The normalized spacial score (nSPS) is 13.0. The second-order valence-electron chi connectivity index (χ2n) is 5.45. The van der Waals surface area contributed by atoms with Gasteiger partial charge in [-0.3, -0.25) is 4.79 Å². The molecular formula is C14H24N2O2S. The molecule has 0 saturated carbocycles. The average molecular weight is 284 g/mol. The largest absolute Gasteiger partial charge is 0.392 e. The number of carbonyl (C=O) groups excluding carboxylic acids is 1. The smallest absolute Gasteiger partial charge is 0.222 e. The monoisotopic (exact) mass is 284 g/mol. The SMILES string of the molecule is CC(C)c1nc(CCNC(=O)CC(O)C(C)C)cs1. The first-order valence-corrected chi connectivity index (χ1v) is 7.67. The Labute approximate surface area is 119 Å². The Morgan fingerprint density at radius 3 is 2.63 bits per heavy atom. The third-order valence-electron chi connectivity index (χ3n) is 2.93. The van der Waals surface area contributed by atoms with E-state index < -0.39 is 6.10 Å². The predicted octanol–water partition coefficient (Wildman–Crippen LogP) is 2.33. The van der Waals surface area contributed by atoms with Crippen LogP contribution in [0.3, 0.4) is 0 Å². The number of hydrogen-bond donors (Lipinski definition) is 2. The fraction of sp³-hybridized carbons (Fsp3) is 0.714. The molecule has 0 aliphatic carbocycles. The molecule has 4 nitrogen and oxygen atoms in total. The van der Waals surface area contributed by atoms with Gasteiger partial charge in [-0.15, -0.1) is 11.3 Å². The summed E-state index contributed by atoms with van der Waals surface area (Å²) in [5.74, 6) is 0.466. The summed E-state index contributed by atoms with van der Waals surface area (Å²) in [5, 5.41) is 15.6. The van der Waals surface area contributed by atoms with Gasteiger partial charge in [0.2, 0.25) is 5.91 Å². The molecule has 0 radical (unpaired) electrons. The zero-order chi connectivity index (χ0) is 14.4. The molecule has 5 heteroatoms. The van der Waals surface area contributed by atoms with E-state index in [1.807, 2.05) is 19.2 Å². The second-order valence-corrected chi connectivity index (χ2v) is 6.34. The number of thiazole rings is 1. The minimum Gasteiger partial charge on any atom is -0.392 e. The van der Waals surface area contributed by atoms with Crippen molar-refractivity contribution in [2.45, 2.75) is 52.6 Å². The fourth-order valence-corrected chi connectivity index (χ4v) is 2.40. The van der Waals surface area contributed by atoms with Gasteiger partial charge in [-0.2, -0.15) is 0 Å². The summed E-state index contributed by atoms with van der Waals surface area (Å²) >= 11 is 1.67. The van der Waals surface area contributed by atoms with E-state index in [1.54, 1.807) is 11.3 Å². The number of rotatable bonds is 7. The first kappa shape index (κ1) is 16.1. The van der Waals surface area contributed by atoms with Crippen molar-refractivity contribution >= 4 is 17.2 Å². The average Bonchev–Trinajstić information content (AvgIpc) is 2.77. The Hall–Kier alpha value is -0.940. The van der Waals surface area contributed by atoms with Gasteiger partial charge in [0.1, 0.15) is 0 Å². The van der Waals surface area contributed by atoms with Gasteiger partial charge >= 0.3 is 0 Å². The third-order valence-corrected chi connectivity index (χ3v) is 4.12. The van der Waals surface area contributed by atoms with Gasteiger partial charge in [0.15, 0.2) is 0 Å². The molecule has 0 saturated heterocycles. The minimum absolute atomic E-state index is 0.0967. The Kier molecular flexibility index (Phi) is 6.45. The summed E-state index contributed by atoms with van der Waals surface area (Å²) < 4.78 is 0. The molecule has 1 aromatic heterocycles. The Morgan fingerprint density at radius 2 is 2.11 bits per heavy atom. The van der Waals surface area contributed by atoms with E-state index in [0.29, 0.717) is 12.5 Å². The molecule has 0 fully saturated rings. The Balaban J connectivity index is 2.27. The highest BCUT2D eigenvalue weighted by atomic mass is 32.1. The topological polar surface area (TPSA) is 62.2 Å². The van der Waals surface area contributed by atoms with Crippen molar-refractivity contribution in [1.29, 1.82) is 0 Å². The second kappa shape index (κ2) is 7.60. The Morgan fingerprint density at radius 1 is 1.42 bits per heavy atom. The molecule has 2 N–H and O–H groups in total. The summed E-state index contributed by atoms with van der Waals surface area (Å²) in [7, 11) is 0. The van der Waals surface area contributed by atoms with Crippen LogP contribution in [0.1, 0.15) is 50.7 Å². The quantitative estimate of drug-likeness (QED) is 0.808. The molecule has 1 rings (SSSR count). The molecule has 1 unspecified atom stereocenters. The lowest BCUT2D eigenvalue weighted by Crippen LogP contribution is -2.31. The van der Waals surface area contributed by atoms with Gasteiger partial charge in [0.05, 0.1) is 23.2 Å². The Bertz CT molecular complexity index is 402. The number of nitrogens with one attached hydrogen (secondary N) is 1. The number of amides is 1. The van der Waals surface area contributed by atoms with Crippen LogP contribution in [-0.4, -0.2) is 28.6 Å². The van der Waals surface area contributed by atoms with Crippen LogP contribution >= 0.6 is 11.3 Å². The van der Waals surface area contributed by atoms with Crippen molar-refractivity contribution in [2.75, 3.05) is 6.54 Å². The first-order chi connectivity index (χ1) is 8.90. The van der Waals surface area contributed by atoms with Crippen LogP contribution in [0.4, 0.5) is 0 Å². The van der Waals surface area contributed by atoms with Crippen LogP contribution in [0.2, 0.25) is 0 Å². The first-order valence-electron chi connectivity index (χ1n) is 6.79. The third kappa shape index (κ3) is 5.70. The highest BCUT2D eigenvalue weighted by Crippen LogP contribution is 2.19. The van der Waals surface area contributed by atoms with E-state index in [-0.39, 0.29) is 18.2 Å². The minimum atomic E-state index is -0.563. The molecule has 0 spiro atoms. The van der Waals surface area contributed by atoms with Crippen molar-refractivity contribution in [1.82, 2.24) is 10.3 Å². The van der Waals surface area contributed by atoms with E-state index in [9.17, 15) is 9.90 Å². The van der Waals surface area contributed by atoms with Crippen LogP contribution in [0.5, 0.6) is 0 Å². The lowest BCUT2D eigenvalue weighted by molar-refractivity contribution is -0.123. The molecule has 108 valence electrons. The maximum absolute atomic E-state index is 11.6. The predicted molar refractivity (Wildman–Crippen MR) is 78.4 cm³/mol. The number of carbonyl (C=O) groups is 1. The van der Waals surface area contributed by atoms with Crippen molar-refractivity contribution in [2.24, 2.45) is 5.92 Å². The summed E-state index contributed by atoms with van der Waals surface area (Å²) in [4.78, 5) is 16.1. The van der Waals surface area contributed by atoms with Gasteiger partial charge in [-0.25, -0.2) is 4.98 Å². The zero-order valence-corrected chi connectivity index (χ0v) is 13.0. The molecule has 0 bridgehead atoms. The summed E-state index contributed by atoms with van der Waals surface area (Å²) in [5.41, 5.74) is 1.03. The van der Waals surface area contributed by atoms with Gasteiger partial charge < -0.3 is 10.4 Å². The molecule has 0 aliphatic heterocycles. The number of nitrogens with zero attached hydrogens (tertiary/aromatic N) is 1. The molecular weight excluding hydrogens is 260 g/mol. The highest BCUT2D eigenvalue weighted by Gasteiger charge is 2.14. The van der Waals surface area contributed by atoms with Gasteiger partial charge in [0.25, 0.3) is 0 Å². The van der Waals surface area contributed by atoms with Crippen LogP contribution < -0.4 is 5.32 Å². The van der Waals surface area contributed by atoms with E-state index in [2.05, 4.69) is 24.1 Å². The zero-order valence-electron chi connectivity index (χ0n) is 12.1. The van der Waals surface area contributed by atoms with Gasteiger partial charge in [-0.05, 0) is 5.92 Å². The summed E-state index contributed by atoms with van der Waals surface area (Å²) in [6, 6.07) is 0. The maximum Gasteiger partial charge on any atom is 0.222 e.